The van der Waals surface area contributed by atoms with Gasteiger partial charge >= 0.3 is 0 Å². The maximum absolute atomic E-state index is 9.43. The van der Waals surface area contributed by atoms with Crippen LogP contribution in [0.4, 0.5) is 0 Å². The van der Waals surface area contributed by atoms with Crippen molar-refractivity contribution in [3.63, 3.8) is 0 Å². The van der Waals surface area contributed by atoms with Crippen molar-refractivity contribution in [1.29, 1.82) is 0 Å². The Kier molecular flexibility index (Phi) is 3.10. The lowest BCUT2D eigenvalue weighted by molar-refractivity contribution is 0.00341. The van der Waals surface area contributed by atoms with Gasteiger partial charge in [0.25, 0.3) is 0 Å². The molecule has 0 spiro atoms. The summed E-state index contributed by atoms with van der Waals surface area (Å²) in [4.78, 5) is 0. The zero-order chi connectivity index (χ0) is 5.86. The highest BCUT2D eigenvalue weighted by Crippen LogP contribution is 1.84. The van der Waals surface area contributed by atoms with E-state index in [9.17, 15) is 8.76 Å². The van der Waals surface area contributed by atoms with Gasteiger partial charge in [0, 0.05) is 0 Å². The van der Waals surface area contributed by atoms with Gasteiger partial charge in [-0.05, 0) is 6.92 Å². The zero-order valence-corrected chi connectivity index (χ0v) is 4.47. The van der Waals surface area contributed by atoms with Crippen molar-refractivity contribution in [2.24, 2.45) is 0 Å². The van der Waals surface area contributed by atoms with E-state index in [2.05, 4.69) is 4.18 Å². The van der Waals surface area contributed by atoms with Crippen LogP contribution in [-0.4, -0.2) is 20.2 Å². The minimum absolute atomic E-state index is 1.20. The predicted octanol–water partition coefficient (Wildman–Crippen LogP) is -0.865. The topological polar surface area (TPSA) is 69.6 Å². The van der Waals surface area contributed by atoms with Crippen molar-refractivity contribution in [2.75, 3.05) is 0 Å². The molecule has 0 aromatic rings. The van der Waals surface area contributed by atoms with Crippen molar-refractivity contribution in [2.45, 2.75) is 13.2 Å². The first kappa shape index (κ1) is 7.03. The molecule has 0 aliphatic rings. The molecule has 0 fully saturated rings. The molecule has 2 unspecified atom stereocenters. The maximum Gasteiger partial charge on any atom is 0.166 e. The van der Waals surface area contributed by atoms with Gasteiger partial charge in [0.2, 0.25) is 0 Å². The second-order valence-electron chi connectivity index (χ2n) is 0.900. The largest absolute Gasteiger partial charge is 0.750 e. The average molecular weight is 125 g/mol. The van der Waals surface area contributed by atoms with Gasteiger partial charge in [-0.2, -0.15) is 0 Å². The zero-order valence-electron chi connectivity index (χ0n) is 3.66. The minimum atomic E-state index is -2.60. The molecule has 0 rings (SSSR count). The van der Waals surface area contributed by atoms with Gasteiger partial charge in [0.05, 0.1) is 11.4 Å². The van der Waals surface area contributed by atoms with Crippen LogP contribution in [0.15, 0.2) is 0 Å². The van der Waals surface area contributed by atoms with Gasteiger partial charge in [-0.1, -0.05) is 0 Å². The Morgan fingerprint density at radius 3 is 2.43 bits per heavy atom. The second kappa shape index (κ2) is 3.09. The fourth-order valence-corrected chi connectivity index (χ4v) is 0.341. The van der Waals surface area contributed by atoms with E-state index in [1.807, 2.05) is 0 Å². The van der Waals surface area contributed by atoms with E-state index < -0.39 is 17.7 Å². The van der Waals surface area contributed by atoms with Gasteiger partial charge in [-0.15, -0.1) is 0 Å². The van der Waals surface area contributed by atoms with Crippen LogP contribution in [0.2, 0.25) is 0 Å². The van der Waals surface area contributed by atoms with Gasteiger partial charge < -0.3 is 9.66 Å². The third kappa shape index (κ3) is 6.03. The Balaban J connectivity index is 3.13. The Morgan fingerprint density at radius 2 is 2.43 bits per heavy atom. The third-order valence-electron chi connectivity index (χ3n) is 0.218. The molecule has 0 radical (unpaired) electrons. The predicted molar refractivity (Wildman–Crippen MR) is 21.7 cm³/mol. The fraction of sp³-hybridized carbons (Fsp3) is 1.00. The van der Waals surface area contributed by atoms with Crippen LogP contribution in [0.1, 0.15) is 6.92 Å². The van der Waals surface area contributed by atoms with E-state index >= 15 is 0 Å². The summed E-state index contributed by atoms with van der Waals surface area (Å²) in [5, 5.41) is 8.11. The fourth-order valence-electron chi connectivity index (χ4n) is 0.114. The number of aliphatic hydroxyl groups excluding tert-OH is 1. The highest BCUT2D eigenvalue weighted by molar-refractivity contribution is 7.74. The van der Waals surface area contributed by atoms with Crippen molar-refractivity contribution >= 4 is 11.4 Å². The standard InChI is InChI=1S/C2H6O4S/c1-2(3)6-7(4)5/h2-3H,1H3,(H,4,5)/p-1. The molecule has 1 N–H and O–H groups in total. The first-order valence-electron chi connectivity index (χ1n) is 1.57. The molecule has 0 heterocycles. The van der Waals surface area contributed by atoms with E-state index in [1.165, 1.54) is 6.92 Å². The Bertz CT molecular complexity index is 70.1. The van der Waals surface area contributed by atoms with E-state index in [0.29, 0.717) is 0 Å². The first-order chi connectivity index (χ1) is 3.13. The summed E-state index contributed by atoms with van der Waals surface area (Å²) in [6.07, 6.45) is -1.24. The summed E-state index contributed by atoms with van der Waals surface area (Å²) in [6.45, 7) is 1.20. The quantitative estimate of drug-likeness (QED) is 0.385. The number of hydrogen-bond acceptors (Lipinski definition) is 4. The van der Waals surface area contributed by atoms with E-state index in [-0.39, 0.29) is 0 Å². The van der Waals surface area contributed by atoms with E-state index in [4.69, 9.17) is 5.11 Å². The summed E-state index contributed by atoms with van der Waals surface area (Å²) in [5.74, 6) is 0. The Morgan fingerprint density at radius 1 is 2.00 bits per heavy atom. The van der Waals surface area contributed by atoms with E-state index in [1.54, 1.807) is 0 Å². The Hall–Kier alpha value is 0.0300. The van der Waals surface area contributed by atoms with Crippen LogP contribution in [0, 0.1) is 0 Å². The molecule has 0 saturated carbocycles. The van der Waals surface area contributed by atoms with Crippen molar-refractivity contribution in [3.05, 3.63) is 0 Å². The molecular weight excluding hydrogens is 120 g/mol. The molecule has 0 amide bonds. The van der Waals surface area contributed by atoms with Crippen molar-refractivity contribution < 1.29 is 18.1 Å². The molecule has 0 aromatic carbocycles. The molecule has 0 saturated heterocycles. The molecule has 44 valence electrons. The normalized spacial score (nSPS) is 18.7. The summed E-state index contributed by atoms with van der Waals surface area (Å²) in [5.41, 5.74) is 0. The van der Waals surface area contributed by atoms with Gasteiger partial charge in [0.1, 0.15) is 0 Å². The molecular formula is C2H5O4S-. The molecule has 0 aromatic heterocycles. The second-order valence-corrected chi connectivity index (χ2v) is 1.50. The number of hydrogen-bond donors (Lipinski definition) is 1. The lowest BCUT2D eigenvalue weighted by atomic mass is 10.8. The lowest BCUT2D eigenvalue weighted by Gasteiger charge is -2.05. The Labute approximate surface area is 43.6 Å². The number of rotatable bonds is 2. The van der Waals surface area contributed by atoms with Crippen LogP contribution in [-0.2, 0) is 15.5 Å². The minimum Gasteiger partial charge on any atom is -0.750 e. The summed E-state index contributed by atoms with van der Waals surface area (Å²) in [7, 11) is 0. The monoisotopic (exact) mass is 125 g/mol. The molecule has 0 aliphatic heterocycles. The van der Waals surface area contributed by atoms with Crippen molar-refractivity contribution in [1.82, 2.24) is 0 Å². The molecule has 0 bridgehead atoms. The molecule has 7 heavy (non-hydrogen) atoms. The van der Waals surface area contributed by atoms with Crippen LogP contribution in [0.5, 0.6) is 0 Å². The SMILES string of the molecule is CC(O)OS(=O)[O-]. The van der Waals surface area contributed by atoms with Crippen LogP contribution in [0.3, 0.4) is 0 Å². The van der Waals surface area contributed by atoms with Gasteiger partial charge in [-0.25, -0.2) is 4.21 Å². The molecule has 5 heteroatoms. The maximum atomic E-state index is 9.43. The molecule has 2 atom stereocenters. The van der Waals surface area contributed by atoms with Crippen molar-refractivity contribution in [3.8, 4) is 0 Å². The van der Waals surface area contributed by atoms with Crippen LogP contribution < -0.4 is 0 Å². The summed E-state index contributed by atoms with van der Waals surface area (Å²) < 4.78 is 22.6. The van der Waals surface area contributed by atoms with Crippen LogP contribution in [0.25, 0.3) is 0 Å². The number of aliphatic hydroxyl groups is 1. The first-order valence-corrected chi connectivity index (χ1v) is 2.57. The molecule has 0 aliphatic carbocycles. The summed E-state index contributed by atoms with van der Waals surface area (Å²) >= 11 is -2.60. The van der Waals surface area contributed by atoms with Gasteiger partial charge in [-0.3, -0.25) is 4.18 Å². The smallest absolute Gasteiger partial charge is 0.166 e. The average Bonchev–Trinajstić information content (AvgIpc) is 1.27. The van der Waals surface area contributed by atoms with Crippen LogP contribution >= 0.6 is 0 Å². The third-order valence-corrected chi connectivity index (χ3v) is 0.653. The van der Waals surface area contributed by atoms with E-state index in [0.717, 1.165) is 0 Å². The van der Waals surface area contributed by atoms with Gasteiger partial charge in [0.15, 0.2) is 6.29 Å². The highest BCUT2D eigenvalue weighted by Gasteiger charge is 1.89. The summed E-state index contributed by atoms with van der Waals surface area (Å²) in [6, 6.07) is 0. The molecule has 4 nitrogen and oxygen atoms in total. The highest BCUT2D eigenvalue weighted by atomic mass is 32.2. The lowest BCUT2D eigenvalue weighted by Crippen LogP contribution is -2.07.